The lowest BCUT2D eigenvalue weighted by molar-refractivity contribution is 0.0824. The van der Waals surface area contributed by atoms with Crippen LogP contribution in [0.25, 0.3) is 0 Å². The molecule has 3 heteroatoms. The first-order valence-corrected chi connectivity index (χ1v) is 8.97. The van der Waals surface area contributed by atoms with Gasteiger partial charge in [-0.15, -0.1) is 0 Å². The van der Waals surface area contributed by atoms with Crippen LogP contribution in [-0.2, 0) is 16.8 Å². The van der Waals surface area contributed by atoms with Crippen LogP contribution in [0.5, 0.6) is 11.5 Å². The normalized spacial score (nSPS) is 11.0. The Kier molecular flexibility index (Phi) is 5.90. The van der Waals surface area contributed by atoms with Gasteiger partial charge >= 0.3 is 0 Å². The molecule has 0 aliphatic rings. The summed E-state index contributed by atoms with van der Waals surface area (Å²) in [5.41, 5.74) is 2.76. The van der Waals surface area contributed by atoms with Gasteiger partial charge in [-0.1, -0.05) is 56.3 Å². The predicted octanol–water partition coefficient (Wildman–Crippen LogP) is 5.84. The van der Waals surface area contributed by atoms with Crippen LogP contribution in [0.3, 0.4) is 0 Å². The third-order valence-electron chi connectivity index (χ3n) is 4.40. The van der Waals surface area contributed by atoms with Crippen molar-refractivity contribution in [3.63, 3.8) is 0 Å². The second-order valence-corrected chi connectivity index (χ2v) is 7.13. The largest absolute Gasteiger partial charge is 0.457 e. The van der Waals surface area contributed by atoms with Gasteiger partial charge in [0.05, 0.1) is 24.8 Å². The molecule has 0 aromatic heterocycles. The molecule has 136 valence electrons. The molecule has 3 rings (SSSR count). The first kappa shape index (κ1) is 18.7. The number of hydrogen-bond acceptors (Lipinski definition) is 3. The summed E-state index contributed by atoms with van der Waals surface area (Å²) < 4.78 is 11.9. The number of rotatable bonds is 7. The number of para-hydroxylation sites is 1. The fourth-order valence-electron chi connectivity index (χ4n) is 2.83. The Labute approximate surface area is 160 Å². The number of hydrogen-bond donors (Lipinski definition) is 0. The Balaban J connectivity index is 1.58. The molecule has 3 aromatic rings. The highest BCUT2D eigenvalue weighted by Crippen LogP contribution is 2.25. The second-order valence-electron chi connectivity index (χ2n) is 7.13. The lowest BCUT2D eigenvalue weighted by Gasteiger charge is -2.25. The summed E-state index contributed by atoms with van der Waals surface area (Å²) in [5.74, 6) is 1.62. The maximum absolute atomic E-state index is 8.93. The minimum atomic E-state index is -0.133. The number of benzene rings is 3. The molecule has 0 heterocycles. The van der Waals surface area contributed by atoms with Crippen molar-refractivity contribution in [2.24, 2.45) is 0 Å². The van der Waals surface area contributed by atoms with E-state index in [-0.39, 0.29) is 5.41 Å². The zero-order chi connectivity index (χ0) is 19.1. The van der Waals surface area contributed by atoms with Gasteiger partial charge in [-0.3, -0.25) is 0 Å². The third kappa shape index (κ3) is 5.20. The summed E-state index contributed by atoms with van der Waals surface area (Å²) in [5, 5.41) is 8.93. The van der Waals surface area contributed by atoms with Crippen molar-refractivity contribution in [2.45, 2.75) is 25.9 Å². The highest BCUT2D eigenvalue weighted by Gasteiger charge is 2.20. The summed E-state index contributed by atoms with van der Waals surface area (Å²) in [6.45, 7) is 5.39. The van der Waals surface area contributed by atoms with Crippen molar-refractivity contribution in [1.82, 2.24) is 0 Å². The highest BCUT2D eigenvalue weighted by atomic mass is 16.5. The van der Waals surface area contributed by atoms with Crippen LogP contribution in [0.15, 0.2) is 78.9 Å². The van der Waals surface area contributed by atoms with E-state index in [1.165, 1.54) is 0 Å². The monoisotopic (exact) mass is 357 g/mol. The van der Waals surface area contributed by atoms with Gasteiger partial charge in [0.2, 0.25) is 0 Å². The Bertz CT molecular complexity index is 909. The Morgan fingerprint density at radius 2 is 1.56 bits per heavy atom. The topological polar surface area (TPSA) is 42.2 Å². The smallest absolute Gasteiger partial charge is 0.127 e. The van der Waals surface area contributed by atoms with Crippen LogP contribution < -0.4 is 4.74 Å². The molecule has 0 N–H and O–H groups in total. The van der Waals surface area contributed by atoms with Crippen molar-refractivity contribution in [3.8, 4) is 17.6 Å². The summed E-state index contributed by atoms with van der Waals surface area (Å²) in [6.07, 6.45) is 0. The highest BCUT2D eigenvalue weighted by molar-refractivity contribution is 5.35. The molecule has 0 saturated carbocycles. The molecule has 0 radical (unpaired) electrons. The van der Waals surface area contributed by atoms with Gasteiger partial charge in [0.15, 0.2) is 0 Å². The Morgan fingerprint density at radius 1 is 0.852 bits per heavy atom. The molecule has 0 bridgehead atoms. The van der Waals surface area contributed by atoms with E-state index in [2.05, 4.69) is 19.9 Å². The second kappa shape index (κ2) is 8.53. The Hall–Kier alpha value is -3.09. The van der Waals surface area contributed by atoms with Gasteiger partial charge < -0.3 is 9.47 Å². The van der Waals surface area contributed by atoms with Crippen molar-refractivity contribution in [2.75, 3.05) is 6.61 Å². The van der Waals surface area contributed by atoms with E-state index < -0.39 is 0 Å². The van der Waals surface area contributed by atoms with Gasteiger partial charge in [0.1, 0.15) is 11.5 Å². The minimum absolute atomic E-state index is 0.133. The maximum atomic E-state index is 8.93. The average Bonchev–Trinajstić information content (AvgIpc) is 2.69. The van der Waals surface area contributed by atoms with E-state index in [1.54, 1.807) is 0 Å². The number of nitrogens with zero attached hydrogens (tertiary/aromatic N) is 1. The molecule has 0 amide bonds. The van der Waals surface area contributed by atoms with Crippen LogP contribution in [0, 0.1) is 11.3 Å². The zero-order valence-corrected chi connectivity index (χ0v) is 15.7. The number of ether oxygens (including phenoxy) is 2. The van der Waals surface area contributed by atoms with E-state index in [9.17, 15) is 0 Å². The molecule has 0 aliphatic heterocycles. The first-order chi connectivity index (χ1) is 13.1. The average molecular weight is 357 g/mol. The van der Waals surface area contributed by atoms with Gasteiger partial charge in [-0.05, 0) is 47.5 Å². The van der Waals surface area contributed by atoms with Crippen LogP contribution >= 0.6 is 0 Å². The lowest BCUT2D eigenvalue weighted by Crippen LogP contribution is -2.24. The molecular formula is C24H23NO2. The van der Waals surface area contributed by atoms with E-state index >= 15 is 0 Å². The molecule has 0 atom stereocenters. The molecule has 3 nitrogen and oxygen atoms in total. The van der Waals surface area contributed by atoms with Crippen molar-refractivity contribution in [1.29, 1.82) is 5.26 Å². The SMILES string of the molecule is CC(C)(COCc1cccc(Oc2ccccc2)c1)c1ccc(C#N)cc1. The van der Waals surface area contributed by atoms with Gasteiger partial charge in [-0.2, -0.15) is 5.26 Å². The third-order valence-corrected chi connectivity index (χ3v) is 4.40. The Morgan fingerprint density at radius 3 is 2.26 bits per heavy atom. The van der Waals surface area contributed by atoms with E-state index in [0.29, 0.717) is 18.8 Å². The fraction of sp³-hybridized carbons (Fsp3) is 0.208. The quantitative estimate of drug-likeness (QED) is 0.533. The zero-order valence-electron chi connectivity index (χ0n) is 15.7. The van der Waals surface area contributed by atoms with Gasteiger partial charge in [0.25, 0.3) is 0 Å². The van der Waals surface area contributed by atoms with Crippen molar-refractivity contribution < 1.29 is 9.47 Å². The summed E-state index contributed by atoms with van der Waals surface area (Å²) >= 11 is 0. The number of nitriles is 1. The standard InChI is InChI=1S/C24H23NO2/c1-24(2,21-13-11-19(16-25)12-14-21)18-26-17-20-7-6-10-23(15-20)27-22-8-4-3-5-9-22/h3-15H,17-18H2,1-2H3. The molecule has 0 saturated heterocycles. The summed E-state index contributed by atoms with van der Waals surface area (Å²) in [6, 6.07) is 27.5. The summed E-state index contributed by atoms with van der Waals surface area (Å²) in [4.78, 5) is 0. The van der Waals surface area contributed by atoms with Crippen molar-refractivity contribution >= 4 is 0 Å². The molecule has 0 spiro atoms. The van der Waals surface area contributed by atoms with E-state index in [4.69, 9.17) is 14.7 Å². The van der Waals surface area contributed by atoms with Gasteiger partial charge in [-0.25, -0.2) is 0 Å². The van der Waals surface area contributed by atoms with E-state index in [1.807, 2.05) is 78.9 Å². The van der Waals surface area contributed by atoms with Crippen LogP contribution in [-0.4, -0.2) is 6.61 Å². The van der Waals surface area contributed by atoms with Gasteiger partial charge in [0, 0.05) is 5.41 Å². The lowest BCUT2D eigenvalue weighted by atomic mass is 9.85. The maximum Gasteiger partial charge on any atom is 0.127 e. The van der Waals surface area contributed by atoms with Crippen LogP contribution in [0.1, 0.15) is 30.5 Å². The predicted molar refractivity (Wildman–Crippen MR) is 107 cm³/mol. The molecule has 27 heavy (non-hydrogen) atoms. The fourth-order valence-corrected chi connectivity index (χ4v) is 2.83. The minimum Gasteiger partial charge on any atom is -0.457 e. The van der Waals surface area contributed by atoms with Crippen molar-refractivity contribution in [3.05, 3.63) is 95.6 Å². The van der Waals surface area contributed by atoms with Crippen LogP contribution in [0.4, 0.5) is 0 Å². The molecular weight excluding hydrogens is 334 g/mol. The molecule has 0 aliphatic carbocycles. The molecule has 0 unspecified atom stereocenters. The first-order valence-electron chi connectivity index (χ1n) is 8.97. The molecule has 0 fully saturated rings. The van der Waals surface area contributed by atoms with Crippen LogP contribution in [0.2, 0.25) is 0 Å². The van der Waals surface area contributed by atoms with E-state index in [0.717, 1.165) is 22.6 Å². The molecule has 3 aromatic carbocycles. The summed E-state index contributed by atoms with van der Waals surface area (Å²) in [7, 11) is 0.